The predicted molar refractivity (Wildman–Crippen MR) is 74.0 cm³/mol. The monoisotopic (exact) mass is 289 g/mol. The van der Waals surface area contributed by atoms with Gasteiger partial charge in [0.2, 0.25) is 0 Å². The van der Waals surface area contributed by atoms with Crippen molar-refractivity contribution >= 4 is 0 Å². The molecule has 0 fully saturated rings. The van der Waals surface area contributed by atoms with Crippen molar-refractivity contribution in [3.8, 4) is 5.75 Å². The second-order valence-corrected chi connectivity index (χ2v) is 4.64. The molecule has 0 unspecified atom stereocenters. The Labute approximate surface area is 118 Å². The molecular weight excluding hydrogens is 267 g/mol. The number of nitrogens with one attached hydrogen (secondary N) is 1. The maximum absolute atomic E-state index is 12.5. The molecule has 0 heterocycles. The van der Waals surface area contributed by atoms with E-state index in [1.165, 1.54) is 6.07 Å². The molecular formula is C15H22F3NO. The lowest BCUT2D eigenvalue weighted by Gasteiger charge is -2.10. The molecule has 0 aliphatic heterocycles. The number of hydrogen-bond donors (Lipinski definition) is 1. The van der Waals surface area contributed by atoms with Crippen molar-refractivity contribution < 1.29 is 17.9 Å². The first-order valence-electron chi connectivity index (χ1n) is 7.05. The first-order valence-corrected chi connectivity index (χ1v) is 7.05. The minimum Gasteiger partial charge on any atom is -0.494 e. The molecule has 1 rings (SSSR count). The van der Waals surface area contributed by atoms with Gasteiger partial charge in [0, 0.05) is 0 Å². The predicted octanol–water partition coefficient (Wildman–Crippen LogP) is 4.25. The van der Waals surface area contributed by atoms with Crippen molar-refractivity contribution in [3.05, 3.63) is 29.8 Å². The van der Waals surface area contributed by atoms with Gasteiger partial charge in [0.15, 0.2) is 0 Å². The van der Waals surface area contributed by atoms with Crippen molar-refractivity contribution in [1.82, 2.24) is 5.32 Å². The fourth-order valence-electron chi connectivity index (χ4n) is 1.83. The molecule has 5 heteroatoms. The first-order chi connectivity index (χ1) is 9.54. The number of halogens is 3. The zero-order chi connectivity index (χ0) is 14.8. The molecule has 1 N–H and O–H groups in total. The highest BCUT2D eigenvalue weighted by Gasteiger charge is 2.30. The topological polar surface area (TPSA) is 21.3 Å². The summed E-state index contributed by atoms with van der Waals surface area (Å²) in [7, 11) is 0. The molecule has 0 aromatic heterocycles. The summed E-state index contributed by atoms with van der Waals surface area (Å²) in [5.41, 5.74) is -0.666. The summed E-state index contributed by atoms with van der Waals surface area (Å²) in [5, 5.41) is 3.25. The summed E-state index contributed by atoms with van der Waals surface area (Å²) in [6.07, 6.45) is -0.186. The molecule has 2 nitrogen and oxygen atoms in total. The Kier molecular flexibility index (Phi) is 7.44. The Hall–Kier alpha value is -1.23. The number of alkyl halides is 3. The van der Waals surface area contributed by atoms with E-state index in [2.05, 4.69) is 12.2 Å². The smallest absolute Gasteiger partial charge is 0.416 e. The summed E-state index contributed by atoms with van der Waals surface area (Å²) >= 11 is 0. The van der Waals surface area contributed by atoms with Crippen LogP contribution in [0.1, 0.15) is 38.2 Å². The molecule has 0 saturated carbocycles. The Bertz CT molecular complexity index is 380. The van der Waals surface area contributed by atoms with Gasteiger partial charge in [0.1, 0.15) is 5.75 Å². The van der Waals surface area contributed by atoms with E-state index in [9.17, 15) is 13.2 Å². The van der Waals surface area contributed by atoms with E-state index in [4.69, 9.17) is 4.74 Å². The summed E-state index contributed by atoms with van der Waals surface area (Å²) in [6.45, 7) is 4.54. The quantitative estimate of drug-likeness (QED) is 0.686. The molecule has 1 aromatic carbocycles. The van der Waals surface area contributed by atoms with E-state index in [1.807, 2.05) is 0 Å². The van der Waals surface area contributed by atoms with Crippen molar-refractivity contribution in [3.63, 3.8) is 0 Å². The lowest BCUT2D eigenvalue weighted by atomic mass is 10.2. The molecule has 0 spiro atoms. The van der Waals surface area contributed by atoms with Gasteiger partial charge < -0.3 is 10.1 Å². The molecule has 20 heavy (non-hydrogen) atoms. The Balaban J connectivity index is 2.19. The largest absolute Gasteiger partial charge is 0.494 e. The number of rotatable bonds is 9. The number of hydrogen-bond acceptors (Lipinski definition) is 2. The van der Waals surface area contributed by atoms with Crippen LogP contribution in [0.25, 0.3) is 0 Å². The third-order valence-electron chi connectivity index (χ3n) is 2.93. The highest BCUT2D eigenvalue weighted by Crippen LogP contribution is 2.31. The van der Waals surface area contributed by atoms with Gasteiger partial charge in [-0.3, -0.25) is 0 Å². The van der Waals surface area contributed by atoms with Gasteiger partial charge in [-0.15, -0.1) is 0 Å². The van der Waals surface area contributed by atoms with Crippen LogP contribution in [0.5, 0.6) is 5.75 Å². The maximum Gasteiger partial charge on any atom is 0.416 e. The summed E-state index contributed by atoms with van der Waals surface area (Å²) in [6, 6.07) is 5.02. The summed E-state index contributed by atoms with van der Waals surface area (Å²) in [4.78, 5) is 0. The molecule has 0 radical (unpaired) electrons. The van der Waals surface area contributed by atoms with Crippen molar-refractivity contribution in [2.24, 2.45) is 0 Å². The van der Waals surface area contributed by atoms with Crippen LogP contribution in [0.3, 0.4) is 0 Å². The molecule has 1 aromatic rings. The van der Waals surface area contributed by atoms with Gasteiger partial charge in [0.05, 0.1) is 12.2 Å². The minimum absolute atomic E-state index is 0.285. The van der Waals surface area contributed by atoms with Gasteiger partial charge in [-0.2, -0.15) is 13.2 Å². The molecule has 0 bridgehead atoms. The van der Waals surface area contributed by atoms with E-state index in [0.29, 0.717) is 6.61 Å². The fourth-order valence-corrected chi connectivity index (χ4v) is 1.83. The summed E-state index contributed by atoms with van der Waals surface area (Å²) < 4.78 is 42.8. The highest BCUT2D eigenvalue weighted by molar-refractivity contribution is 5.30. The lowest BCUT2D eigenvalue weighted by molar-refractivity contribution is -0.137. The molecule has 0 amide bonds. The number of unbranched alkanes of at least 4 members (excludes halogenated alkanes) is 3. The first kappa shape index (κ1) is 16.8. The maximum atomic E-state index is 12.5. The second kappa shape index (κ2) is 8.84. The lowest BCUT2D eigenvalue weighted by Crippen LogP contribution is -2.13. The Morgan fingerprint density at radius 2 is 1.85 bits per heavy atom. The summed E-state index contributed by atoms with van der Waals surface area (Å²) in [5.74, 6) is 0.285. The molecule has 114 valence electrons. The highest BCUT2D eigenvalue weighted by atomic mass is 19.4. The van der Waals surface area contributed by atoms with Crippen LogP contribution in [-0.4, -0.2) is 19.7 Å². The number of ether oxygens (including phenoxy) is 1. The van der Waals surface area contributed by atoms with Gasteiger partial charge in [0.25, 0.3) is 0 Å². The van der Waals surface area contributed by atoms with Crippen LogP contribution < -0.4 is 10.1 Å². The van der Waals surface area contributed by atoms with Gasteiger partial charge >= 0.3 is 6.18 Å². The van der Waals surface area contributed by atoms with Crippen LogP contribution in [0.15, 0.2) is 24.3 Å². The molecule has 0 atom stereocenters. The van der Waals surface area contributed by atoms with Crippen LogP contribution >= 0.6 is 0 Å². The van der Waals surface area contributed by atoms with E-state index in [1.54, 1.807) is 6.07 Å². The average molecular weight is 289 g/mol. The third kappa shape index (κ3) is 6.80. The minimum atomic E-state index is -4.31. The van der Waals surface area contributed by atoms with E-state index >= 15 is 0 Å². The SMILES string of the molecule is CCNCCCCCCOc1cccc(C(F)(F)F)c1. The van der Waals surface area contributed by atoms with Crippen molar-refractivity contribution in [2.45, 2.75) is 38.8 Å². The number of benzene rings is 1. The average Bonchev–Trinajstić information content (AvgIpc) is 2.41. The van der Waals surface area contributed by atoms with Crippen molar-refractivity contribution in [2.75, 3.05) is 19.7 Å². The van der Waals surface area contributed by atoms with Crippen molar-refractivity contribution in [1.29, 1.82) is 0 Å². The van der Waals surface area contributed by atoms with Crippen LogP contribution in [0.4, 0.5) is 13.2 Å². The third-order valence-corrected chi connectivity index (χ3v) is 2.93. The Morgan fingerprint density at radius 3 is 2.55 bits per heavy atom. The van der Waals surface area contributed by atoms with Gasteiger partial charge in [-0.25, -0.2) is 0 Å². The molecule has 0 aliphatic rings. The van der Waals surface area contributed by atoms with E-state index in [0.717, 1.165) is 50.9 Å². The second-order valence-electron chi connectivity index (χ2n) is 4.64. The fraction of sp³-hybridized carbons (Fsp3) is 0.600. The van der Waals surface area contributed by atoms with Gasteiger partial charge in [-0.05, 0) is 44.1 Å². The van der Waals surface area contributed by atoms with Gasteiger partial charge in [-0.1, -0.05) is 25.8 Å². The van der Waals surface area contributed by atoms with Crippen LogP contribution in [0.2, 0.25) is 0 Å². The van der Waals surface area contributed by atoms with E-state index in [-0.39, 0.29) is 5.75 Å². The van der Waals surface area contributed by atoms with E-state index < -0.39 is 11.7 Å². The molecule has 0 saturated heterocycles. The normalized spacial score (nSPS) is 11.6. The standard InChI is InChI=1S/C15H22F3NO/c1-2-19-10-5-3-4-6-11-20-14-9-7-8-13(12-14)15(16,17)18/h7-9,12,19H,2-6,10-11H2,1H3. The van der Waals surface area contributed by atoms with Crippen LogP contribution in [0, 0.1) is 0 Å². The zero-order valence-electron chi connectivity index (χ0n) is 11.8. The molecule has 0 aliphatic carbocycles. The van der Waals surface area contributed by atoms with Crippen LogP contribution in [-0.2, 0) is 6.18 Å². The Morgan fingerprint density at radius 1 is 1.10 bits per heavy atom. The zero-order valence-corrected chi connectivity index (χ0v) is 11.8.